The molecule has 116 valence electrons. The molecule has 2 aliphatic rings. The molecule has 1 amide bonds. The van der Waals surface area contributed by atoms with Gasteiger partial charge in [0.15, 0.2) is 0 Å². The topological polar surface area (TPSA) is 113 Å². The van der Waals surface area contributed by atoms with Crippen molar-refractivity contribution in [3.63, 3.8) is 0 Å². The number of ether oxygens (including phenoxy) is 1. The van der Waals surface area contributed by atoms with E-state index in [1.165, 1.54) is 12.1 Å². The Hall–Kier alpha value is -2.41. The third-order valence-electron chi connectivity index (χ3n) is 4.28. The number of hydrogen-bond acceptors (Lipinski definition) is 4. The number of nitrogens with one attached hydrogen (secondary N) is 1. The summed E-state index contributed by atoms with van der Waals surface area (Å²) in [6.45, 7) is 0. The summed E-state index contributed by atoms with van der Waals surface area (Å²) in [6, 6.07) is 6.02. The molecule has 7 heteroatoms. The molecule has 7 nitrogen and oxygen atoms in total. The van der Waals surface area contributed by atoms with E-state index in [-0.39, 0.29) is 11.3 Å². The van der Waals surface area contributed by atoms with Crippen molar-refractivity contribution in [2.24, 2.45) is 11.8 Å². The number of carbonyl (C=O) groups is 3. The second kappa shape index (κ2) is 5.42. The maximum Gasteiger partial charge on any atom is 0.337 e. The first-order valence-electron chi connectivity index (χ1n) is 7.00. The lowest BCUT2D eigenvalue weighted by atomic mass is 9.78. The third kappa shape index (κ3) is 2.33. The van der Waals surface area contributed by atoms with Gasteiger partial charge in [0.1, 0.15) is 0 Å². The van der Waals surface area contributed by atoms with Gasteiger partial charge >= 0.3 is 11.9 Å². The average Bonchev–Trinajstić information content (AvgIpc) is 3.08. The number of carboxylic acids is 2. The fraction of sp³-hybridized carbons (Fsp3) is 0.400. The van der Waals surface area contributed by atoms with Crippen LogP contribution in [0.3, 0.4) is 0 Å². The lowest BCUT2D eigenvalue weighted by Crippen LogP contribution is -2.41. The van der Waals surface area contributed by atoms with E-state index in [0.29, 0.717) is 12.8 Å². The molecule has 0 aliphatic carbocycles. The average molecular weight is 305 g/mol. The molecule has 2 heterocycles. The smallest absolute Gasteiger partial charge is 0.337 e. The molecular formula is C15H15NO6. The zero-order chi connectivity index (χ0) is 15.9. The van der Waals surface area contributed by atoms with Crippen molar-refractivity contribution in [2.75, 3.05) is 5.32 Å². The highest BCUT2D eigenvalue weighted by Gasteiger charge is 2.55. The monoisotopic (exact) mass is 305 g/mol. The largest absolute Gasteiger partial charge is 0.481 e. The van der Waals surface area contributed by atoms with E-state index in [1.807, 2.05) is 0 Å². The Bertz CT molecular complexity index is 643. The van der Waals surface area contributed by atoms with Crippen LogP contribution in [0.2, 0.25) is 0 Å². The van der Waals surface area contributed by atoms with Gasteiger partial charge in [0.2, 0.25) is 5.91 Å². The highest BCUT2D eigenvalue weighted by atomic mass is 16.5. The van der Waals surface area contributed by atoms with Crippen molar-refractivity contribution >= 4 is 23.5 Å². The molecule has 0 saturated carbocycles. The highest BCUT2D eigenvalue weighted by Crippen LogP contribution is 2.44. The van der Waals surface area contributed by atoms with E-state index in [0.717, 1.165) is 0 Å². The molecule has 3 N–H and O–H groups in total. The first-order valence-corrected chi connectivity index (χ1v) is 7.00. The summed E-state index contributed by atoms with van der Waals surface area (Å²) in [7, 11) is 0. The van der Waals surface area contributed by atoms with Crippen LogP contribution in [0.4, 0.5) is 5.69 Å². The normalized spacial score (nSPS) is 29.3. The summed E-state index contributed by atoms with van der Waals surface area (Å²) >= 11 is 0. The minimum atomic E-state index is -1.16. The van der Waals surface area contributed by atoms with Crippen molar-refractivity contribution in [1.82, 2.24) is 0 Å². The number of carboxylic acid groups (broad SMARTS) is 2. The van der Waals surface area contributed by atoms with Gasteiger partial charge in [0.25, 0.3) is 0 Å². The Morgan fingerprint density at radius 2 is 1.68 bits per heavy atom. The molecule has 0 radical (unpaired) electrons. The van der Waals surface area contributed by atoms with Crippen LogP contribution in [-0.4, -0.2) is 40.3 Å². The SMILES string of the molecule is O=C(O)c1ccccc1NC(=O)[C@H]1[C@@H](C(=O)O)[C@@H]2CC[C@H]1O2. The molecule has 2 fully saturated rings. The van der Waals surface area contributed by atoms with Gasteiger partial charge < -0.3 is 20.3 Å². The van der Waals surface area contributed by atoms with Crippen molar-refractivity contribution in [3.05, 3.63) is 29.8 Å². The zero-order valence-electron chi connectivity index (χ0n) is 11.6. The van der Waals surface area contributed by atoms with Gasteiger partial charge in [-0.05, 0) is 25.0 Å². The van der Waals surface area contributed by atoms with Gasteiger partial charge in [-0.1, -0.05) is 12.1 Å². The van der Waals surface area contributed by atoms with Crippen LogP contribution >= 0.6 is 0 Å². The molecule has 4 atom stereocenters. The molecule has 22 heavy (non-hydrogen) atoms. The summed E-state index contributed by atoms with van der Waals surface area (Å²) in [4.78, 5) is 35.0. The minimum Gasteiger partial charge on any atom is -0.481 e. The van der Waals surface area contributed by atoms with E-state index in [9.17, 15) is 19.5 Å². The van der Waals surface area contributed by atoms with E-state index < -0.39 is 41.9 Å². The number of carbonyl (C=O) groups excluding carboxylic acids is 1. The number of aromatic carboxylic acids is 1. The van der Waals surface area contributed by atoms with Crippen LogP contribution in [0.5, 0.6) is 0 Å². The van der Waals surface area contributed by atoms with Gasteiger partial charge in [-0.25, -0.2) is 4.79 Å². The van der Waals surface area contributed by atoms with Gasteiger partial charge in [0.05, 0.1) is 35.3 Å². The Kier molecular flexibility index (Phi) is 3.58. The number of anilines is 1. The standard InChI is InChI=1S/C15H15NO6/c17-13(16-8-4-2-1-3-7(8)14(18)19)11-9-5-6-10(22-9)12(11)15(20)21/h1-4,9-12H,5-6H2,(H,16,17)(H,18,19)(H,20,21)/t9-,10+,11-,12+/m1/s1. The number of rotatable bonds is 4. The summed E-state index contributed by atoms with van der Waals surface area (Å²) in [5, 5.41) is 21.0. The Morgan fingerprint density at radius 3 is 2.32 bits per heavy atom. The zero-order valence-corrected chi connectivity index (χ0v) is 11.6. The quantitative estimate of drug-likeness (QED) is 0.770. The third-order valence-corrected chi connectivity index (χ3v) is 4.28. The van der Waals surface area contributed by atoms with E-state index in [2.05, 4.69) is 5.32 Å². The maximum absolute atomic E-state index is 12.4. The summed E-state index contributed by atoms with van der Waals surface area (Å²) in [6.07, 6.45) is 0.431. The van der Waals surface area contributed by atoms with Crippen LogP contribution in [0, 0.1) is 11.8 Å². The van der Waals surface area contributed by atoms with Crippen LogP contribution in [0.15, 0.2) is 24.3 Å². The molecule has 1 aromatic carbocycles. The second-order valence-corrected chi connectivity index (χ2v) is 5.52. The number of benzene rings is 1. The van der Waals surface area contributed by atoms with E-state index in [4.69, 9.17) is 9.84 Å². The van der Waals surface area contributed by atoms with Gasteiger partial charge in [0, 0.05) is 0 Å². The number of fused-ring (bicyclic) bond motifs is 2. The van der Waals surface area contributed by atoms with E-state index >= 15 is 0 Å². The number of hydrogen-bond donors (Lipinski definition) is 3. The van der Waals surface area contributed by atoms with Crippen LogP contribution in [-0.2, 0) is 14.3 Å². The molecule has 0 unspecified atom stereocenters. The predicted molar refractivity (Wildman–Crippen MR) is 74.5 cm³/mol. The van der Waals surface area contributed by atoms with Crippen LogP contribution < -0.4 is 5.32 Å². The summed E-state index contributed by atoms with van der Waals surface area (Å²) in [5.74, 6) is -4.39. The number of para-hydroxylation sites is 1. The Morgan fingerprint density at radius 1 is 1.05 bits per heavy atom. The molecular weight excluding hydrogens is 290 g/mol. The van der Waals surface area contributed by atoms with Crippen molar-refractivity contribution in [1.29, 1.82) is 0 Å². The number of amides is 1. The fourth-order valence-electron chi connectivity index (χ4n) is 3.32. The predicted octanol–water partition coefficient (Wildman–Crippen LogP) is 1.20. The Labute approximate surface area is 125 Å². The first kappa shape index (κ1) is 14.5. The van der Waals surface area contributed by atoms with Crippen molar-refractivity contribution < 1.29 is 29.3 Å². The summed E-state index contributed by atoms with van der Waals surface area (Å²) in [5.41, 5.74) is 0.124. The van der Waals surface area contributed by atoms with Crippen molar-refractivity contribution in [3.8, 4) is 0 Å². The molecule has 3 rings (SSSR count). The lowest BCUT2D eigenvalue weighted by molar-refractivity contribution is -0.147. The Balaban J connectivity index is 1.83. The molecule has 2 aliphatic heterocycles. The molecule has 2 saturated heterocycles. The summed E-state index contributed by atoms with van der Waals surface area (Å²) < 4.78 is 5.54. The maximum atomic E-state index is 12.4. The molecule has 0 spiro atoms. The van der Waals surface area contributed by atoms with Crippen molar-refractivity contribution in [2.45, 2.75) is 25.0 Å². The minimum absolute atomic E-state index is 0.0354. The van der Waals surface area contributed by atoms with E-state index in [1.54, 1.807) is 12.1 Å². The van der Waals surface area contributed by atoms with Gasteiger partial charge in [-0.3, -0.25) is 9.59 Å². The molecule has 1 aromatic rings. The second-order valence-electron chi connectivity index (χ2n) is 5.52. The van der Waals surface area contributed by atoms with Crippen LogP contribution in [0.25, 0.3) is 0 Å². The molecule has 2 bridgehead atoms. The van der Waals surface area contributed by atoms with Gasteiger partial charge in [-0.2, -0.15) is 0 Å². The fourth-order valence-corrected chi connectivity index (χ4v) is 3.32. The van der Waals surface area contributed by atoms with Crippen LogP contribution in [0.1, 0.15) is 23.2 Å². The van der Waals surface area contributed by atoms with Gasteiger partial charge in [-0.15, -0.1) is 0 Å². The number of aliphatic carboxylic acids is 1. The highest BCUT2D eigenvalue weighted by molar-refractivity contribution is 6.02. The molecule has 0 aromatic heterocycles. The lowest BCUT2D eigenvalue weighted by Gasteiger charge is -2.24. The first-order chi connectivity index (χ1) is 10.5.